The van der Waals surface area contributed by atoms with Crippen molar-refractivity contribution < 1.29 is 23.9 Å². The van der Waals surface area contributed by atoms with Crippen molar-refractivity contribution >= 4 is 23.8 Å². The molecule has 1 aliphatic heterocycles. The Labute approximate surface area is 104 Å². The Morgan fingerprint density at radius 3 is 2.61 bits per heavy atom. The molecular formula is C10H15N3O5. The third kappa shape index (κ3) is 3.44. The number of hydrogen-bond acceptors (Lipinski definition) is 5. The predicted molar refractivity (Wildman–Crippen MR) is 59.4 cm³/mol. The number of urea groups is 1. The zero-order valence-corrected chi connectivity index (χ0v) is 10.3. The van der Waals surface area contributed by atoms with Gasteiger partial charge in [-0.05, 0) is 0 Å². The molecule has 0 aromatic heterocycles. The summed E-state index contributed by atoms with van der Waals surface area (Å²) in [6, 6.07) is -0.574. The summed E-state index contributed by atoms with van der Waals surface area (Å²) in [7, 11) is 2.75. The van der Waals surface area contributed by atoms with Crippen molar-refractivity contribution in [3.05, 3.63) is 0 Å². The van der Waals surface area contributed by atoms with Crippen LogP contribution in [-0.4, -0.2) is 67.4 Å². The fourth-order valence-corrected chi connectivity index (χ4v) is 1.36. The van der Waals surface area contributed by atoms with E-state index in [2.05, 4.69) is 10.1 Å². The van der Waals surface area contributed by atoms with E-state index in [-0.39, 0.29) is 26.1 Å². The quantitative estimate of drug-likeness (QED) is 0.480. The first-order valence-electron chi connectivity index (χ1n) is 5.34. The third-order valence-electron chi connectivity index (χ3n) is 2.54. The second kappa shape index (κ2) is 5.99. The first kappa shape index (κ1) is 13.9. The molecule has 8 heteroatoms. The molecule has 18 heavy (non-hydrogen) atoms. The summed E-state index contributed by atoms with van der Waals surface area (Å²) in [6.45, 7) is -0.227. The molecule has 0 radical (unpaired) electrons. The van der Waals surface area contributed by atoms with Crippen LogP contribution in [0.15, 0.2) is 0 Å². The summed E-state index contributed by atoms with van der Waals surface area (Å²) < 4.78 is 4.44. The van der Waals surface area contributed by atoms with Crippen molar-refractivity contribution in [1.82, 2.24) is 15.1 Å². The normalized spacial score (nSPS) is 14.4. The van der Waals surface area contributed by atoms with Crippen molar-refractivity contribution in [3.8, 4) is 0 Å². The molecule has 0 unspecified atom stereocenters. The van der Waals surface area contributed by atoms with Crippen LogP contribution in [0.2, 0.25) is 0 Å². The first-order valence-corrected chi connectivity index (χ1v) is 5.34. The lowest BCUT2D eigenvalue weighted by Gasteiger charge is -2.19. The summed E-state index contributed by atoms with van der Waals surface area (Å²) in [5.74, 6) is -1.27. The van der Waals surface area contributed by atoms with Gasteiger partial charge in [0.15, 0.2) is 0 Å². The molecular weight excluding hydrogens is 242 g/mol. The number of carbonyl (C=O) groups excluding carboxylic acids is 4. The lowest BCUT2D eigenvalue weighted by Crippen LogP contribution is -2.42. The van der Waals surface area contributed by atoms with Gasteiger partial charge in [-0.15, -0.1) is 0 Å². The number of nitrogens with one attached hydrogen (secondary N) is 1. The minimum Gasteiger partial charge on any atom is -0.469 e. The molecule has 0 aromatic carbocycles. The van der Waals surface area contributed by atoms with Crippen molar-refractivity contribution in [3.63, 3.8) is 0 Å². The van der Waals surface area contributed by atoms with Crippen LogP contribution >= 0.6 is 0 Å². The lowest BCUT2D eigenvalue weighted by atomic mass is 10.3. The molecule has 1 saturated heterocycles. The Bertz CT molecular complexity index is 366. The summed E-state index contributed by atoms with van der Waals surface area (Å²) in [5, 5.41) is 2.32. The molecule has 0 spiro atoms. The number of hydrogen-bond donors (Lipinski definition) is 1. The highest BCUT2D eigenvalue weighted by atomic mass is 16.5. The smallest absolute Gasteiger partial charge is 0.325 e. The number of nitrogens with zero attached hydrogens (tertiary/aromatic N) is 2. The van der Waals surface area contributed by atoms with E-state index < -0.39 is 23.8 Å². The molecule has 0 saturated carbocycles. The van der Waals surface area contributed by atoms with Gasteiger partial charge in [0.1, 0.15) is 6.54 Å². The number of rotatable bonds is 5. The average Bonchev–Trinajstić information content (AvgIpc) is 2.66. The van der Waals surface area contributed by atoms with Gasteiger partial charge in [0.2, 0.25) is 5.91 Å². The number of ether oxygens (including phenoxy) is 1. The Hall–Kier alpha value is -2.12. The maximum absolute atomic E-state index is 11.7. The van der Waals surface area contributed by atoms with E-state index in [1.165, 1.54) is 19.1 Å². The molecule has 8 nitrogen and oxygen atoms in total. The maximum Gasteiger partial charge on any atom is 0.325 e. The molecule has 4 amide bonds. The summed E-state index contributed by atoms with van der Waals surface area (Å²) in [5.41, 5.74) is 0. The van der Waals surface area contributed by atoms with E-state index in [9.17, 15) is 19.2 Å². The van der Waals surface area contributed by atoms with E-state index in [1.807, 2.05) is 0 Å². The topological polar surface area (TPSA) is 96.0 Å². The Balaban J connectivity index is 2.42. The number of amides is 4. The van der Waals surface area contributed by atoms with Crippen LogP contribution in [0.3, 0.4) is 0 Å². The number of esters is 1. The van der Waals surface area contributed by atoms with Crippen molar-refractivity contribution in [2.75, 3.05) is 33.8 Å². The van der Waals surface area contributed by atoms with E-state index in [0.29, 0.717) is 0 Å². The maximum atomic E-state index is 11.7. The van der Waals surface area contributed by atoms with Gasteiger partial charge in [0.25, 0.3) is 5.91 Å². The SMILES string of the molecule is COC(=O)CCN(C)C(=O)CN1C(=O)CNC1=O. The number of methoxy groups -OCH3 is 1. The average molecular weight is 257 g/mol. The van der Waals surface area contributed by atoms with Gasteiger partial charge in [-0.3, -0.25) is 19.3 Å². The standard InChI is InChI=1S/C10H15N3O5/c1-12(4-3-9(16)18-2)8(15)6-13-7(14)5-11-10(13)17/h3-6H2,1-2H3,(H,11,17). The Morgan fingerprint density at radius 1 is 1.44 bits per heavy atom. The van der Waals surface area contributed by atoms with Gasteiger partial charge < -0.3 is 15.0 Å². The third-order valence-corrected chi connectivity index (χ3v) is 2.54. The van der Waals surface area contributed by atoms with Crippen LogP contribution in [0.25, 0.3) is 0 Å². The zero-order valence-electron chi connectivity index (χ0n) is 10.3. The number of carbonyl (C=O) groups is 4. The van der Waals surface area contributed by atoms with Gasteiger partial charge in [-0.1, -0.05) is 0 Å². The Kier molecular flexibility index (Phi) is 4.64. The highest BCUT2D eigenvalue weighted by Gasteiger charge is 2.30. The van der Waals surface area contributed by atoms with E-state index in [1.54, 1.807) is 0 Å². The highest BCUT2D eigenvalue weighted by molar-refractivity contribution is 6.04. The van der Waals surface area contributed by atoms with Crippen LogP contribution in [0, 0.1) is 0 Å². The van der Waals surface area contributed by atoms with Crippen LogP contribution in [0.4, 0.5) is 4.79 Å². The molecule has 100 valence electrons. The van der Waals surface area contributed by atoms with Crippen LogP contribution in [0.1, 0.15) is 6.42 Å². The summed E-state index contributed by atoms with van der Waals surface area (Å²) in [6.07, 6.45) is 0.0683. The Morgan fingerprint density at radius 2 is 2.11 bits per heavy atom. The summed E-state index contributed by atoms with van der Waals surface area (Å²) >= 11 is 0. The monoisotopic (exact) mass is 257 g/mol. The van der Waals surface area contributed by atoms with E-state index >= 15 is 0 Å². The molecule has 0 atom stereocenters. The van der Waals surface area contributed by atoms with Crippen LogP contribution in [0.5, 0.6) is 0 Å². The molecule has 1 heterocycles. The zero-order chi connectivity index (χ0) is 13.7. The highest BCUT2D eigenvalue weighted by Crippen LogP contribution is 2.00. The lowest BCUT2D eigenvalue weighted by molar-refractivity contribution is -0.142. The largest absolute Gasteiger partial charge is 0.469 e. The van der Waals surface area contributed by atoms with E-state index in [0.717, 1.165) is 4.90 Å². The van der Waals surface area contributed by atoms with Gasteiger partial charge in [-0.25, -0.2) is 4.79 Å². The van der Waals surface area contributed by atoms with Crippen molar-refractivity contribution in [2.45, 2.75) is 6.42 Å². The molecule has 1 fully saturated rings. The van der Waals surface area contributed by atoms with Gasteiger partial charge in [0.05, 0.1) is 20.1 Å². The molecule has 0 bridgehead atoms. The molecule has 0 aromatic rings. The molecule has 1 rings (SSSR count). The molecule has 1 N–H and O–H groups in total. The van der Waals surface area contributed by atoms with Crippen LogP contribution in [-0.2, 0) is 19.1 Å². The van der Waals surface area contributed by atoms with Gasteiger partial charge in [-0.2, -0.15) is 0 Å². The fraction of sp³-hybridized carbons (Fsp3) is 0.600. The second-order valence-corrected chi connectivity index (χ2v) is 3.78. The van der Waals surface area contributed by atoms with E-state index in [4.69, 9.17) is 0 Å². The van der Waals surface area contributed by atoms with Crippen LogP contribution < -0.4 is 5.32 Å². The molecule has 1 aliphatic rings. The predicted octanol–water partition coefficient (Wildman–Crippen LogP) is -1.44. The minimum absolute atomic E-state index is 0.0683. The van der Waals surface area contributed by atoms with Crippen molar-refractivity contribution in [2.24, 2.45) is 0 Å². The second-order valence-electron chi connectivity index (χ2n) is 3.78. The number of likely N-dealkylation sites (N-methyl/N-ethyl adjacent to an activating group) is 1. The van der Waals surface area contributed by atoms with Gasteiger partial charge in [0, 0.05) is 13.6 Å². The number of imide groups is 1. The van der Waals surface area contributed by atoms with Crippen molar-refractivity contribution in [1.29, 1.82) is 0 Å². The first-order chi connectivity index (χ1) is 8.45. The minimum atomic E-state index is -0.574. The van der Waals surface area contributed by atoms with Gasteiger partial charge >= 0.3 is 12.0 Å². The summed E-state index contributed by atoms with van der Waals surface area (Å²) in [4.78, 5) is 47.2. The molecule has 0 aliphatic carbocycles. The fourth-order valence-electron chi connectivity index (χ4n) is 1.36.